The molecule has 1 aromatic carbocycles. The van der Waals surface area contributed by atoms with Crippen LogP contribution in [0.25, 0.3) is 0 Å². The van der Waals surface area contributed by atoms with Crippen LogP contribution >= 0.6 is 0 Å². The van der Waals surface area contributed by atoms with E-state index in [1.807, 2.05) is 0 Å². The number of aromatic carboxylic acids is 1. The quantitative estimate of drug-likeness (QED) is 0.771. The van der Waals surface area contributed by atoms with Gasteiger partial charge in [-0.3, -0.25) is 4.79 Å². The number of aliphatic carboxylic acids is 1. The smallest absolute Gasteiger partial charge is 0.335 e. The van der Waals surface area contributed by atoms with E-state index in [9.17, 15) is 4.79 Å². The Labute approximate surface area is 109 Å². The molecule has 1 rings (SSSR count). The van der Waals surface area contributed by atoms with Crippen molar-refractivity contribution < 1.29 is 53.9 Å². The molecule has 0 saturated carbocycles. The number of carboxylic acids is 2. The van der Waals surface area contributed by atoms with Gasteiger partial charge >= 0.3 is 5.97 Å². The predicted molar refractivity (Wildman–Crippen MR) is 46.7 cm³/mol. The second-order valence-corrected chi connectivity index (χ2v) is 2.19. The molecule has 2 N–H and O–H groups in total. The maximum absolute atomic E-state index is 10.2. The van der Waals surface area contributed by atoms with E-state index in [2.05, 4.69) is 0 Å². The number of benzene rings is 1. The van der Waals surface area contributed by atoms with Gasteiger partial charge in [-0.15, -0.1) is 0 Å². The summed E-state index contributed by atoms with van der Waals surface area (Å²) in [6.07, 6.45) is 0. The average Bonchev–Trinajstić information content (AvgIpc) is 2.05. The van der Waals surface area contributed by atoms with E-state index in [1.165, 1.54) is 0 Å². The summed E-state index contributed by atoms with van der Waals surface area (Å²) in [5.41, 5.74) is 0.331. The Morgan fingerprint density at radius 3 is 1.53 bits per heavy atom. The number of hydrogen-bond donors (Lipinski definition) is 2. The first-order valence-corrected chi connectivity index (χ1v) is 3.52. The summed E-state index contributed by atoms with van der Waals surface area (Å²) >= 11 is 0. The summed E-state index contributed by atoms with van der Waals surface area (Å²) in [4.78, 5) is 19.2. The second kappa shape index (κ2) is 11.3. The Morgan fingerprint density at radius 1 is 1.00 bits per heavy atom. The van der Waals surface area contributed by atoms with Crippen LogP contribution in [0.5, 0.6) is 0 Å². The first-order valence-electron chi connectivity index (χ1n) is 3.52. The summed E-state index contributed by atoms with van der Waals surface area (Å²) in [7, 11) is 0. The van der Waals surface area contributed by atoms with Gasteiger partial charge in [-0.1, -0.05) is 18.2 Å². The Kier molecular flexibility index (Phi) is 14.8. The van der Waals surface area contributed by atoms with Gasteiger partial charge in [0, 0.05) is 41.1 Å². The van der Waals surface area contributed by atoms with Crippen LogP contribution in [0.4, 0.5) is 0 Å². The number of rotatable bonds is 1. The molecular formula is C9H10Cu2O4. The molecule has 15 heavy (non-hydrogen) atoms. The number of carbonyl (C=O) groups is 2. The van der Waals surface area contributed by atoms with Gasteiger partial charge in [-0.2, -0.15) is 0 Å². The molecule has 0 heterocycles. The zero-order valence-electron chi connectivity index (χ0n) is 7.70. The average molecular weight is 309 g/mol. The molecule has 1 aromatic rings. The zero-order valence-corrected chi connectivity index (χ0v) is 9.58. The Bertz CT molecular complexity index is 283. The SMILES string of the molecule is CC(=O)O.O=C(O)c1ccccc1.[Cu].[Cu]. The minimum Gasteiger partial charge on any atom is -0.481 e. The third-order valence-electron chi connectivity index (χ3n) is 1.02. The summed E-state index contributed by atoms with van der Waals surface area (Å²) in [5, 5.41) is 15.8. The van der Waals surface area contributed by atoms with Gasteiger partial charge in [0.1, 0.15) is 0 Å². The molecule has 0 aliphatic rings. The van der Waals surface area contributed by atoms with Crippen molar-refractivity contribution in [1.82, 2.24) is 0 Å². The molecule has 0 saturated heterocycles. The summed E-state index contributed by atoms with van der Waals surface area (Å²) in [6.45, 7) is 1.08. The van der Waals surface area contributed by atoms with Crippen molar-refractivity contribution in [2.24, 2.45) is 0 Å². The summed E-state index contributed by atoms with van der Waals surface area (Å²) in [6, 6.07) is 8.30. The number of carboxylic acid groups (broad SMARTS) is 2. The van der Waals surface area contributed by atoms with E-state index < -0.39 is 11.9 Å². The molecule has 0 amide bonds. The maximum atomic E-state index is 10.2. The minimum atomic E-state index is -0.879. The van der Waals surface area contributed by atoms with Crippen LogP contribution in [-0.4, -0.2) is 22.2 Å². The molecule has 92 valence electrons. The van der Waals surface area contributed by atoms with Crippen molar-refractivity contribution in [3.63, 3.8) is 0 Å². The first kappa shape index (κ1) is 19.7. The Morgan fingerprint density at radius 2 is 1.33 bits per heavy atom. The van der Waals surface area contributed by atoms with Crippen molar-refractivity contribution >= 4 is 11.9 Å². The van der Waals surface area contributed by atoms with Crippen LogP contribution in [0.1, 0.15) is 17.3 Å². The van der Waals surface area contributed by atoms with Crippen LogP contribution in [0, 0.1) is 0 Å². The maximum Gasteiger partial charge on any atom is 0.335 e. The van der Waals surface area contributed by atoms with E-state index in [4.69, 9.17) is 15.0 Å². The largest absolute Gasteiger partial charge is 0.481 e. The molecule has 0 aliphatic heterocycles. The zero-order chi connectivity index (χ0) is 10.3. The van der Waals surface area contributed by atoms with Crippen LogP contribution in [0.2, 0.25) is 0 Å². The van der Waals surface area contributed by atoms with Crippen molar-refractivity contribution in [3.05, 3.63) is 35.9 Å². The van der Waals surface area contributed by atoms with Crippen LogP contribution in [-0.2, 0) is 38.9 Å². The molecule has 2 radical (unpaired) electrons. The first-order chi connectivity index (χ1) is 6.04. The van der Waals surface area contributed by atoms with Gasteiger partial charge in [-0.05, 0) is 12.1 Å². The molecule has 4 nitrogen and oxygen atoms in total. The molecule has 0 spiro atoms. The van der Waals surface area contributed by atoms with Crippen LogP contribution < -0.4 is 0 Å². The summed E-state index contributed by atoms with van der Waals surface area (Å²) in [5.74, 6) is -1.71. The van der Waals surface area contributed by atoms with Gasteiger partial charge in [-0.25, -0.2) is 4.79 Å². The molecule has 0 unspecified atom stereocenters. The van der Waals surface area contributed by atoms with Crippen molar-refractivity contribution in [2.45, 2.75) is 6.92 Å². The predicted octanol–water partition coefficient (Wildman–Crippen LogP) is 1.47. The molecule has 0 fully saturated rings. The third kappa shape index (κ3) is 13.2. The van der Waals surface area contributed by atoms with Crippen molar-refractivity contribution in [2.75, 3.05) is 0 Å². The third-order valence-corrected chi connectivity index (χ3v) is 1.02. The standard InChI is InChI=1S/C7H6O2.C2H4O2.2Cu/c8-7(9)6-4-2-1-3-5-6;1-2(3)4;;/h1-5H,(H,8,9);1H3,(H,3,4);;. The molecule has 6 heteroatoms. The van der Waals surface area contributed by atoms with E-state index in [-0.39, 0.29) is 34.1 Å². The molecular weight excluding hydrogens is 299 g/mol. The van der Waals surface area contributed by atoms with Crippen molar-refractivity contribution in [1.29, 1.82) is 0 Å². The fraction of sp³-hybridized carbons (Fsp3) is 0.111. The molecule has 0 bridgehead atoms. The van der Waals surface area contributed by atoms with E-state index in [1.54, 1.807) is 30.3 Å². The minimum absolute atomic E-state index is 0. The van der Waals surface area contributed by atoms with E-state index >= 15 is 0 Å². The molecule has 0 atom stereocenters. The Balaban J connectivity index is -0.000000213. The monoisotopic (exact) mass is 308 g/mol. The van der Waals surface area contributed by atoms with Gasteiger partial charge < -0.3 is 10.2 Å². The summed E-state index contributed by atoms with van der Waals surface area (Å²) < 4.78 is 0. The normalized spacial score (nSPS) is 7.00. The van der Waals surface area contributed by atoms with E-state index in [0.717, 1.165) is 6.92 Å². The molecule has 0 aliphatic carbocycles. The van der Waals surface area contributed by atoms with Gasteiger partial charge in [0.15, 0.2) is 0 Å². The fourth-order valence-corrected chi connectivity index (χ4v) is 0.581. The van der Waals surface area contributed by atoms with E-state index in [0.29, 0.717) is 5.56 Å². The molecule has 0 aromatic heterocycles. The Hall–Kier alpha value is -0.801. The van der Waals surface area contributed by atoms with Gasteiger partial charge in [0.25, 0.3) is 5.97 Å². The van der Waals surface area contributed by atoms with Gasteiger partial charge in [0.2, 0.25) is 0 Å². The van der Waals surface area contributed by atoms with Crippen molar-refractivity contribution in [3.8, 4) is 0 Å². The number of hydrogen-bond acceptors (Lipinski definition) is 2. The fourth-order valence-electron chi connectivity index (χ4n) is 0.581. The second-order valence-electron chi connectivity index (χ2n) is 2.19. The van der Waals surface area contributed by atoms with Gasteiger partial charge in [0.05, 0.1) is 5.56 Å². The van der Waals surface area contributed by atoms with Crippen LogP contribution in [0.15, 0.2) is 30.3 Å². The van der Waals surface area contributed by atoms with Crippen LogP contribution in [0.3, 0.4) is 0 Å². The topological polar surface area (TPSA) is 74.6 Å².